The molecule has 1 N–H and O–H groups in total. The Hall–Kier alpha value is -3.26. The van der Waals surface area contributed by atoms with Crippen LogP contribution in [0.15, 0.2) is 76.5 Å². The molecule has 0 aliphatic rings. The largest absolute Gasteiger partial charge is 0.322 e. The van der Waals surface area contributed by atoms with Crippen molar-refractivity contribution >= 4 is 29.0 Å². The summed E-state index contributed by atoms with van der Waals surface area (Å²) in [5, 5.41) is 13.6. The van der Waals surface area contributed by atoms with E-state index < -0.39 is 22.5 Å². The van der Waals surface area contributed by atoms with E-state index in [0.29, 0.717) is 10.6 Å². The Morgan fingerprint density at radius 3 is 2.33 bits per heavy atom. The van der Waals surface area contributed by atoms with Crippen LogP contribution in [0.5, 0.6) is 0 Å². The van der Waals surface area contributed by atoms with Crippen LogP contribution < -0.4 is 5.32 Å². The van der Waals surface area contributed by atoms with Crippen LogP contribution in [0, 0.1) is 21.7 Å². The van der Waals surface area contributed by atoms with Crippen molar-refractivity contribution in [2.45, 2.75) is 9.79 Å². The second-order valence-corrected chi connectivity index (χ2v) is 6.51. The van der Waals surface area contributed by atoms with Gasteiger partial charge >= 0.3 is 0 Å². The van der Waals surface area contributed by atoms with Gasteiger partial charge in [-0.05, 0) is 42.5 Å². The van der Waals surface area contributed by atoms with Gasteiger partial charge in [0, 0.05) is 27.6 Å². The van der Waals surface area contributed by atoms with Gasteiger partial charge in [-0.25, -0.2) is 8.78 Å². The van der Waals surface area contributed by atoms with Gasteiger partial charge in [0.05, 0.1) is 10.5 Å². The number of non-ortho nitro benzene ring substituents is 1. The number of halogens is 2. The maximum Gasteiger partial charge on any atom is 0.270 e. The second kappa shape index (κ2) is 7.96. The number of carbonyl (C=O) groups is 1. The Kier molecular flexibility index (Phi) is 5.46. The summed E-state index contributed by atoms with van der Waals surface area (Å²) in [4.78, 5) is 23.7. The van der Waals surface area contributed by atoms with Gasteiger partial charge in [0.25, 0.3) is 11.6 Å². The molecular weight excluding hydrogens is 374 g/mol. The lowest BCUT2D eigenvalue weighted by Crippen LogP contribution is -2.13. The standard InChI is InChI=1S/C19H12F2N2O3S/c20-12-5-7-13(8-6-12)22-19(24)15-11-14(23(25)26)9-10-17(15)27-18-4-2-1-3-16(18)21/h1-11H,(H,22,24). The highest BCUT2D eigenvalue weighted by molar-refractivity contribution is 7.99. The first kappa shape index (κ1) is 18.5. The summed E-state index contributed by atoms with van der Waals surface area (Å²) in [5.74, 6) is -1.55. The van der Waals surface area contributed by atoms with Gasteiger partial charge < -0.3 is 5.32 Å². The van der Waals surface area contributed by atoms with E-state index in [1.54, 1.807) is 12.1 Å². The van der Waals surface area contributed by atoms with Crippen LogP contribution in [-0.2, 0) is 0 Å². The SMILES string of the molecule is O=C(Nc1ccc(F)cc1)c1cc([N+](=O)[O-])ccc1Sc1ccccc1F. The lowest BCUT2D eigenvalue weighted by atomic mass is 10.2. The van der Waals surface area contributed by atoms with E-state index in [1.165, 1.54) is 48.5 Å². The molecule has 0 radical (unpaired) electrons. The van der Waals surface area contributed by atoms with Crippen molar-refractivity contribution in [3.63, 3.8) is 0 Å². The highest BCUT2D eigenvalue weighted by Gasteiger charge is 2.19. The molecular formula is C19H12F2N2O3S. The van der Waals surface area contributed by atoms with E-state index in [-0.39, 0.29) is 16.1 Å². The predicted octanol–water partition coefficient (Wildman–Crippen LogP) is 5.28. The average molecular weight is 386 g/mol. The van der Waals surface area contributed by atoms with Crippen molar-refractivity contribution in [1.29, 1.82) is 0 Å². The third-order valence-electron chi connectivity index (χ3n) is 3.58. The zero-order valence-electron chi connectivity index (χ0n) is 13.7. The molecule has 5 nitrogen and oxygen atoms in total. The number of nitrogens with one attached hydrogen (secondary N) is 1. The zero-order chi connectivity index (χ0) is 19.4. The van der Waals surface area contributed by atoms with Gasteiger partial charge in [0.2, 0.25) is 0 Å². The van der Waals surface area contributed by atoms with Crippen LogP contribution in [0.3, 0.4) is 0 Å². The third-order valence-corrected chi connectivity index (χ3v) is 4.70. The van der Waals surface area contributed by atoms with Gasteiger partial charge in [-0.3, -0.25) is 14.9 Å². The fourth-order valence-electron chi connectivity index (χ4n) is 2.28. The Morgan fingerprint density at radius 1 is 0.963 bits per heavy atom. The number of nitro groups is 1. The van der Waals surface area contributed by atoms with E-state index >= 15 is 0 Å². The summed E-state index contributed by atoms with van der Waals surface area (Å²) in [6, 6.07) is 14.9. The Bertz CT molecular complexity index is 1010. The molecule has 0 unspecified atom stereocenters. The Balaban J connectivity index is 1.96. The summed E-state index contributed by atoms with van der Waals surface area (Å²) in [6.07, 6.45) is 0. The highest BCUT2D eigenvalue weighted by atomic mass is 32.2. The molecule has 0 aromatic heterocycles. The maximum atomic E-state index is 13.9. The number of nitrogens with zero attached hydrogens (tertiary/aromatic N) is 1. The molecule has 27 heavy (non-hydrogen) atoms. The number of amides is 1. The second-order valence-electron chi connectivity index (χ2n) is 5.43. The first-order chi connectivity index (χ1) is 12.9. The third kappa shape index (κ3) is 4.48. The fraction of sp³-hybridized carbons (Fsp3) is 0. The number of carbonyl (C=O) groups excluding carboxylic acids is 1. The molecule has 0 aliphatic carbocycles. The fourth-order valence-corrected chi connectivity index (χ4v) is 3.22. The van der Waals surface area contributed by atoms with Crippen LogP contribution in [0.4, 0.5) is 20.2 Å². The topological polar surface area (TPSA) is 72.2 Å². The van der Waals surface area contributed by atoms with Crippen molar-refractivity contribution in [1.82, 2.24) is 0 Å². The van der Waals surface area contributed by atoms with E-state index in [2.05, 4.69) is 5.32 Å². The predicted molar refractivity (Wildman–Crippen MR) is 98.0 cm³/mol. The van der Waals surface area contributed by atoms with E-state index in [4.69, 9.17) is 0 Å². The minimum Gasteiger partial charge on any atom is -0.322 e. The molecule has 0 aliphatic heterocycles. The van der Waals surface area contributed by atoms with Gasteiger partial charge in [-0.1, -0.05) is 23.9 Å². The average Bonchev–Trinajstić information content (AvgIpc) is 2.65. The number of hydrogen-bond acceptors (Lipinski definition) is 4. The van der Waals surface area contributed by atoms with Crippen LogP contribution in [0.1, 0.15) is 10.4 Å². The number of benzene rings is 3. The number of nitro benzene ring substituents is 1. The van der Waals surface area contributed by atoms with Crippen LogP contribution in [0.25, 0.3) is 0 Å². The van der Waals surface area contributed by atoms with Crippen molar-refractivity contribution in [3.05, 3.63) is 94.0 Å². The molecule has 0 fully saturated rings. The van der Waals surface area contributed by atoms with Crippen molar-refractivity contribution < 1.29 is 18.5 Å². The molecule has 0 bridgehead atoms. The lowest BCUT2D eigenvalue weighted by molar-refractivity contribution is -0.384. The van der Waals surface area contributed by atoms with Crippen LogP contribution in [-0.4, -0.2) is 10.8 Å². The normalized spacial score (nSPS) is 10.4. The molecule has 0 spiro atoms. The molecule has 3 rings (SSSR count). The van der Waals surface area contributed by atoms with Crippen LogP contribution in [0.2, 0.25) is 0 Å². The maximum absolute atomic E-state index is 13.9. The summed E-state index contributed by atoms with van der Waals surface area (Å²) in [5.41, 5.74) is 0.0775. The number of hydrogen-bond donors (Lipinski definition) is 1. The summed E-state index contributed by atoms with van der Waals surface area (Å²) in [7, 11) is 0. The molecule has 136 valence electrons. The molecule has 0 saturated carbocycles. The lowest BCUT2D eigenvalue weighted by Gasteiger charge is -2.10. The molecule has 3 aromatic rings. The zero-order valence-corrected chi connectivity index (χ0v) is 14.5. The molecule has 8 heteroatoms. The van der Waals surface area contributed by atoms with E-state index in [9.17, 15) is 23.7 Å². The van der Waals surface area contributed by atoms with Crippen molar-refractivity contribution in [3.8, 4) is 0 Å². The molecule has 0 heterocycles. The van der Waals surface area contributed by atoms with Gasteiger partial charge in [-0.2, -0.15) is 0 Å². The summed E-state index contributed by atoms with van der Waals surface area (Å²) >= 11 is 0.984. The quantitative estimate of drug-likeness (QED) is 0.479. The van der Waals surface area contributed by atoms with E-state index in [0.717, 1.165) is 17.8 Å². The minimum absolute atomic E-state index is 0.0155. The monoisotopic (exact) mass is 386 g/mol. The molecule has 1 amide bonds. The highest BCUT2D eigenvalue weighted by Crippen LogP contribution is 2.34. The summed E-state index contributed by atoms with van der Waals surface area (Å²) in [6.45, 7) is 0. The van der Waals surface area contributed by atoms with Crippen LogP contribution >= 0.6 is 11.8 Å². The Labute approximate surface area is 157 Å². The van der Waals surface area contributed by atoms with Gasteiger partial charge in [-0.15, -0.1) is 0 Å². The molecule has 3 aromatic carbocycles. The van der Waals surface area contributed by atoms with Gasteiger partial charge in [0.15, 0.2) is 0 Å². The first-order valence-electron chi connectivity index (χ1n) is 7.72. The van der Waals surface area contributed by atoms with Crippen molar-refractivity contribution in [2.75, 3.05) is 5.32 Å². The number of rotatable bonds is 5. The molecule has 0 saturated heterocycles. The summed E-state index contributed by atoms with van der Waals surface area (Å²) < 4.78 is 26.9. The van der Waals surface area contributed by atoms with Gasteiger partial charge in [0.1, 0.15) is 11.6 Å². The van der Waals surface area contributed by atoms with Crippen molar-refractivity contribution in [2.24, 2.45) is 0 Å². The molecule has 0 atom stereocenters. The smallest absolute Gasteiger partial charge is 0.270 e. The first-order valence-corrected chi connectivity index (χ1v) is 8.53. The van der Waals surface area contributed by atoms with E-state index in [1.807, 2.05) is 0 Å². The number of anilines is 1. The minimum atomic E-state index is -0.621. The Morgan fingerprint density at radius 2 is 1.67 bits per heavy atom.